The number of fused-ring (bicyclic) bond motifs is 1. The van der Waals surface area contributed by atoms with Crippen molar-refractivity contribution in [1.29, 1.82) is 0 Å². The van der Waals surface area contributed by atoms with E-state index in [2.05, 4.69) is 5.32 Å². The molecule has 1 atom stereocenters. The lowest BCUT2D eigenvalue weighted by molar-refractivity contribution is -0.117. The van der Waals surface area contributed by atoms with Gasteiger partial charge in [-0.15, -0.1) is 11.3 Å². The maximum atomic E-state index is 13.7. The summed E-state index contributed by atoms with van der Waals surface area (Å²) in [5, 5.41) is 4.86. The first-order valence-electron chi connectivity index (χ1n) is 11.3. The van der Waals surface area contributed by atoms with E-state index in [9.17, 15) is 18.0 Å². The van der Waals surface area contributed by atoms with Gasteiger partial charge in [0.25, 0.3) is 5.91 Å². The number of nitrogens with one attached hydrogen (secondary N) is 1. The lowest BCUT2D eigenvalue weighted by Gasteiger charge is -2.30. The predicted octanol–water partition coefficient (Wildman–Crippen LogP) is 3.26. The SMILES string of the molecule is Cc1ccc2c(c1)C(c1cccs1)N(C(=O)c1ccc(S(=O)(=O)N3CCOCC3)cc1)CC(=O)N2. The number of carbonyl (C=O) groups excluding carboxylic acids is 2. The minimum atomic E-state index is -3.67. The first kappa shape index (κ1) is 23.7. The number of aryl methyl sites for hydroxylation is 1. The highest BCUT2D eigenvalue weighted by Gasteiger charge is 2.35. The molecule has 10 heteroatoms. The number of carbonyl (C=O) groups is 2. The van der Waals surface area contributed by atoms with Crippen molar-refractivity contribution < 1.29 is 22.7 Å². The quantitative estimate of drug-likeness (QED) is 0.580. The molecule has 2 aromatic carbocycles. The molecular weight excluding hydrogens is 486 g/mol. The molecule has 2 aliphatic heterocycles. The second kappa shape index (κ2) is 9.54. The number of nitrogens with zero attached hydrogens (tertiary/aromatic N) is 2. The Morgan fingerprint density at radius 2 is 1.83 bits per heavy atom. The number of morpholine rings is 1. The Morgan fingerprint density at radius 3 is 2.51 bits per heavy atom. The van der Waals surface area contributed by atoms with Crippen LogP contribution in [0.25, 0.3) is 0 Å². The van der Waals surface area contributed by atoms with Crippen LogP contribution in [0.2, 0.25) is 0 Å². The van der Waals surface area contributed by atoms with Crippen LogP contribution in [-0.4, -0.2) is 62.3 Å². The second-order valence-corrected chi connectivity index (χ2v) is 11.4. The van der Waals surface area contributed by atoms with E-state index < -0.39 is 16.1 Å². The highest BCUT2D eigenvalue weighted by Crippen LogP contribution is 2.39. The molecule has 1 N–H and O–H groups in total. The van der Waals surface area contributed by atoms with Crippen molar-refractivity contribution in [2.75, 3.05) is 38.2 Å². The normalized spacial score (nSPS) is 19.1. The van der Waals surface area contributed by atoms with Gasteiger partial charge >= 0.3 is 0 Å². The van der Waals surface area contributed by atoms with Crippen LogP contribution in [0, 0.1) is 6.92 Å². The molecule has 0 aliphatic carbocycles. The number of sulfonamides is 1. The molecule has 1 saturated heterocycles. The molecule has 8 nitrogen and oxygen atoms in total. The van der Waals surface area contributed by atoms with E-state index >= 15 is 0 Å². The number of thiophene rings is 1. The van der Waals surface area contributed by atoms with Gasteiger partial charge in [0.1, 0.15) is 6.54 Å². The molecule has 1 aromatic heterocycles. The van der Waals surface area contributed by atoms with E-state index in [0.717, 1.165) is 16.0 Å². The monoisotopic (exact) mass is 511 g/mol. The molecule has 3 heterocycles. The van der Waals surface area contributed by atoms with Crippen LogP contribution in [0.3, 0.4) is 0 Å². The average Bonchev–Trinajstić information content (AvgIpc) is 3.35. The van der Waals surface area contributed by atoms with E-state index in [4.69, 9.17) is 4.74 Å². The fourth-order valence-electron chi connectivity index (χ4n) is 4.44. The molecule has 5 rings (SSSR count). The summed E-state index contributed by atoms with van der Waals surface area (Å²) in [6, 6.07) is 15.1. The van der Waals surface area contributed by atoms with Crippen molar-refractivity contribution >= 4 is 38.9 Å². The predicted molar refractivity (Wildman–Crippen MR) is 133 cm³/mol. The third-order valence-electron chi connectivity index (χ3n) is 6.18. The van der Waals surface area contributed by atoms with Gasteiger partial charge in [0.15, 0.2) is 0 Å². The van der Waals surface area contributed by atoms with Crippen molar-refractivity contribution in [2.45, 2.75) is 17.9 Å². The van der Waals surface area contributed by atoms with Gasteiger partial charge in [0.05, 0.1) is 24.2 Å². The van der Waals surface area contributed by atoms with Crippen molar-refractivity contribution in [3.05, 3.63) is 81.5 Å². The molecule has 0 radical (unpaired) electrons. The maximum absolute atomic E-state index is 13.7. The van der Waals surface area contributed by atoms with Gasteiger partial charge in [0, 0.05) is 34.8 Å². The van der Waals surface area contributed by atoms with Gasteiger partial charge in [0.2, 0.25) is 15.9 Å². The maximum Gasteiger partial charge on any atom is 0.255 e. The smallest absolute Gasteiger partial charge is 0.255 e. The number of hydrogen-bond acceptors (Lipinski definition) is 6. The Bertz CT molecular complexity index is 1350. The van der Waals surface area contributed by atoms with Crippen LogP contribution in [0.5, 0.6) is 0 Å². The van der Waals surface area contributed by atoms with Gasteiger partial charge in [-0.1, -0.05) is 23.8 Å². The Balaban J connectivity index is 1.50. The first-order chi connectivity index (χ1) is 16.8. The Hall–Kier alpha value is -3.05. The second-order valence-electron chi connectivity index (χ2n) is 8.53. The van der Waals surface area contributed by atoms with Gasteiger partial charge in [-0.2, -0.15) is 4.31 Å². The highest BCUT2D eigenvalue weighted by atomic mass is 32.2. The summed E-state index contributed by atoms with van der Waals surface area (Å²) in [6.45, 7) is 3.16. The molecular formula is C25H25N3O5S2. The van der Waals surface area contributed by atoms with E-state index in [1.807, 2.05) is 42.6 Å². The number of hydrogen-bond donors (Lipinski definition) is 1. The molecule has 182 valence electrons. The topological polar surface area (TPSA) is 96.0 Å². The van der Waals surface area contributed by atoms with E-state index in [-0.39, 0.29) is 23.3 Å². The van der Waals surface area contributed by atoms with Crippen LogP contribution >= 0.6 is 11.3 Å². The zero-order valence-electron chi connectivity index (χ0n) is 19.1. The molecule has 2 aliphatic rings. The fraction of sp³-hybridized carbons (Fsp3) is 0.280. The van der Waals surface area contributed by atoms with E-state index in [1.165, 1.54) is 39.9 Å². The van der Waals surface area contributed by atoms with Crippen molar-refractivity contribution in [3.8, 4) is 0 Å². The molecule has 35 heavy (non-hydrogen) atoms. The lowest BCUT2D eigenvalue weighted by atomic mass is 9.99. The minimum Gasteiger partial charge on any atom is -0.379 e. The number of amides is 2. The summed E-state index contributed by atoms with van der Waals surface area (Å²) in [7, 11) is -3.67. The molecule has 0 bridgehead atoms. The van der Waals surface area contributed by atoms with Gasteiger partial charge < -0.3 is 15.0 Å². The largest absolute Gasteiger partial charge is 0.379 e. The lowest BCUT2D eigenvalue weighted by Crippen LogP contribution is -2.40. The molecule has 1 fully saturated rings. The number of benzene rings is 2. The van der Waals surface area contributed by atoms with Crippen molar-refractivity contribution in [2.24, 2.45) is 0 Å². The van der Waals surface area contributed by atoms with Crippen molar-refractivity contribution in [1.82, 2.24) is 9.21 Å². The zero-order valence-corrected chi connectivity index (χ0v) is 20.8. The third kappa shape index (κ3) is 4.62. The number of rotatable bonds is 4. The third-order valence-corrected chi connectivity index (χ3v) is 9.02. The summed E-state index contributed by atoms with van der Waals surface area (Å²) in [5.74, 6) is -0.628. The first-order valence-corrected chi connectivity index (χ1v) is 13.6. The van der Waals surface area contributed by atoms with Crippen LogP contribution in [0.4, 0.5) is 5.69 Å². The summed E-state index contributed by atoms with van der Waals surface area (Å²) in [4.78, 5) is 29.1. The Morgan fingerprint density at radius 1 is 1.09 bits per heavy atom. The number of anilines is 1. The molecule has 0 saturated carbocycles. The van der Waals surface area contributed by atoms with Gasteiger partial charge in [-0.25, -0.2) is 8.42 Å². The Labute approximate surface area is 208 Å². The average molecular weight is 512 g/mol. The standard InChI is InChI=1S/C25H25N3O5S2/c1-17-4-9-21-20(15-17)24(22-3-2-14-34-22)28(16-23(29)26-21)25(30)18-5-7-19(8-6-18)35(31,32)27-10-12-33-13-11-27/h2-9,14-15,24H,10-13,16H2,1H3,(H,26,29). The summed E-state index contributed by atoms with van der Waals surface area (Å²) >= 11 is 1.52. The molecule has 2 amide bonds. The van der Waals surface area contributed by atoms with E-state index in [0.29, 0.717) is 37.6 Å². The minimum absolute atomic E-state index is 0.122. The van der Waals surface area contributed by atoms with Crippen molar-refractivity contribution in [3.63, 3.8) is 0 Å². The van der Waals surface area contributed by atoms with Crippen LogP contribution < -0.4 is 5.32 Å². The number of ether oxygens (including phenoxy) is 1. The highest BCUT2D eigenvalue weighted by molar-refractivity contribution is 7.89. The van der Waals surface area contributed by atoms with E-state index in [1.54, 1.807) is 4.90 Å². The summed E-state index contributed by atoms with van der Waals surface area (Å²) in [6.07, 6.45) is 0. The molecule has 0 spiro atoms. The Kier molecular flexibility index (Phi) is 6.45. The van der Waals surface area contributed by atoms with Gasteiger partial charge in [-0.3, -0.25) is 9.59 Å². The summed E-state index contributed by atoms with van der Waals surface area (Å²) < 4.78 is 32.6. The van der Waals surface area contributed by atoms with Gasteiger partial charge in [-0.05, 0) is 48.7 Å². The fourth-order valence-corrected chi connectivity index (χ4v) is 6.70. The van der Waals surface area contributed by atoms with Crippen LogP contribution in [-0.2, 0) is 19.6 Å². The molecule has 1 unspecified atom stereocenters. The van der Waals surface area contributed by atoms with Crippen LogP contribution in [0.15, 0.2) is 64.9 Å². The van der Waals surface area contributed by atoms with Crippen LogP contribution in [0.1, 0.15) is 32.4 Å². The zero-order chi connectivity index (χ0) is 24.6. The molecule has 3 aromatic rings. The summed E-state index contributed by atoms with van der Waals surface area (Å²) in [5.41, 5.74) is 2.86.